The van der Waals surface area contributed by atoms with E-state index in [1.165, 1.54) is 30.6 Å². The van der Waals surface area contributed by atoms with Gasteiger partial charge in [-0.15, -0.1) is 11.3 Å². The van der Waals surface area contributed by atoms with E-state index in [-0.39, 0.29) is 5.82 Å². The second-order valence-electron chi connectivity index (χ2n) is 3.80. The Balaban J connectivity index is 2.56. The van der Waals surface area contributed by atoms with Crippen molar-refractivity contribution in [1.82, 2.24) is 0 Å². The molecule has 2 rings (SSSR count). The van der Waals surface area contributed by atoms with Gasteiger partial charge in [-0.25, -0.2) is 9.18 Å². The van der Waals surface area contributed by atoms with E-state index >= 15 is 0 Å². The monoisotopic (exact) mass is 265 g/mol. The molecule has 94 valence electrons. The molecule has 0 spiro atoms. The van der Waals surface area contributed by atoms with E-state index in [0.717, 1.165) is 10.4 Å². The number of halogens is 1. The number of nitrogens with two attached hydrogens (primary N) is 1. The van der Waals surface area contributed by atoms with Crippen LogP contribution in [0, 0.1) is 12.7 Å². The van der Waals surface area contributed by atoms with Crippen molar-refractivity contribution >= 4 is 23.0 Å². The summed E-state index contributed by atoms with van der Waals surface area (Å²) in [6.45, 7) is 1.80. The fraction of sp³-hybridized carbons (Fsp3) is 0.154. The molecule has 0 aliphatic rings. The lowest BCUT2D eigenvalue weighted by Crippen LogP contribution is -2.01. The van der Waals surface area contributed by atoms with E-state index in [4.69, 9.17) is 5.73 Å². The first-order valence-corrected chi connectivity index (χ1v) is 6.09. The minimum atomic E-state index is -0.469. The summed E-state index contributed by atoms with van der Waals surface area (Å²) >= 11 is 1.21. The van der Waals surface area contributed by atoms with Crippen LogP contribution in [-0.2, 0) is 4.74 Å². The number of nitrogen functional groups attached to an aromatic ring is 1. The van der Waals surface area contributed by atoms with Gasteiger partial charge in [0.05, 0.1) is 12.8 Å². The summed E-state index contributed by atoms with van der Waals surface area (Å²) in [5.74, 6) is -0.790. The fourth-order valence-corrected chi connectivity index (χ4v) is 2.82. The van der Waals surface area contributed by atoms with Crippen molar-refractivity contribution in [3.63, 3.8) is 0 Å². The van der Waals surface area contributed by atoms with Gasteiger partial charge in [-0.2, -0.15) is 0 Å². The van der Waals surface area contributed by atoms with Gasteiger partial charge in [0.25, 0.3) is 0 Å². The molecule has 2 N–H and O–H groups in total. The zero-order chi connectivity index (χ0) is 13.3. The van der Waals surface area contributed by atoms with Crippen LogP contribution in [0.1, 0.15) is 15.2 Å². The predicted molar refractivity (Wildman–Crippen MR) is 70.2 cm³/mol. The summed E-state index contributed by atoms with van der Waals surface area (Å²) in [4.78, 5) is 12.7. The maximum Gasteiger partial charge on any atom is 0.350 e. The van der Waals surface area contributed by atoms with Crippen LogP contribution in [0.2, 0.25) is 0 Å². The van der Waals surface area contributed by atoms with Gasteiger partial charge in [-0.05, 0) is 30.2 Å². The van der Waals surface area contributed by atoms with Gasteiger partial charge in [0.1, 0.15) is 10.7 Å². The number of ether oxygens (including phenoxy) is 1. The molecule has 0 fully saturated rings. The highest BCUT2D eigenvalue weighted by molar-refractivity contribution is 7.18. The second kappa shape index (κ2) is 4.78. The van der Waals surface area contributed by atoms with Crippen LogP contribution < -0.4 is 5.73 Å². The normalized spacial score (nSPS) is 10.4. The Morgan fingerprint density at radius 1 is 1.44 bits per heavy atom. The minimum absolute atomic E-state index is 0.321. The molecule has 2 aromatic rings. The lowest BCUT2D eigenvalue weighted by molar-refractivity contribution is 0.0607. The fourth-order valence-electron chi connectivity index (χ4n) is 1.68. The zero-order valence-electron chi connectivity index (χ0n) is 9.99. The summed E-state index contributed by atoms with van der Waals surface area (Å²) in [5, 5.41) is 0. The number of methoxy groups -OCH3 is 1. The Morgan fingerprint density at radius 3 is 2.78 bits per heavy atom. The van der Waals surface area contributed by atoms with Crippen LogP contribution in [0.25, 0.3) is 10.4 Å². The van der Waals surface area contributed by atoms with Crippen molar-refractivity contribution in [3.05, 3.63) is 40.5 Å². The Labute approximate surface area is 108 Å². The second-order valence-corrected chi connectivity index (χ2v) is 4.82. The smallest absolute Gasteiger partial charge is 0.350 e. The lowest BCUT2D eigenvalue weighted by Gasteiger charge is -1.99. The first-order valence-electron chi connectivity index (χ1n) is 5.27. The number of benzene rings is 1. The molecule has 0 saturated carbocycles. The van der Waals surface area contributed by atoms with Crippen LogP contribution in [0.5, 0.6) is 0 Å². The third-order valence-electron chi connectivity index (χ3n) is 2.65. The molecule has 1 aromatic carbocycles. The average molecular weight is 265 g/mol. The maximum absolute atomic E-state index is 13.2. The molecule has 0 amide bonds. The quantitative estimate of drug-likeness (QED) is 0.848. The summed E-state index contributed by atoms with van der Waals surface area (Å²) in [6.07, 6.45) is 0. The van der Waals surface area contributed by atoms with Gasteiger partial charge >= 0.3 is 5.97 Å². The number of carbonyl (C=O) groups is 1. The molecule has 18 heavy (non-hydrogen) atoms. The first-order chi connectivity index (χ1) is 8.54. The van der Waals surface area contributed by atoms with Crippen molar-refractivity contribution in [1.29, 1.82) is 0 Å². The molecule has 3 nitrogen and oxygen atoms in total. The summed E-state index contributed by atoms with van der Waals surface area (Å²) < 4.78 is 17.9. The van der Waals surface area contributed by atoms with Crippen LogP contribution in [-0.4, -0.2) is 13.1 Å². The molecule has 0 unspecified atom stereocenters. The van der Waals surface area contributed by atoms with Crippen LogP contribution in [0.4, 0.5) is 10.1 Å². The van der Waals surface area contributed by atoms with E-state index in [9.17, 15) is 9.18 Å². The van der Waals surface area contributed by atoms with Gasteiger partial charge in [0, 0.05) is 4.88 Å². The first kappa shape index (κ1) is 12.6. The van der Waals surface area contributed by atoms with E-state index in [2.05, 4.69) is 4.74 Å². The summed E-state index contributed by atoms with van der Waals surface area (Å²) in [7, 11) is 1.30. The molecule has 0 saturated heterocycles. The zero-order valence-corrected chi connectivity index (χ0v) is 10.8. The van der Waals surface area contributed by atoms with Gasteiger partial charge < -0.3 is 10.5 Å². The minimum Gasteiger partial charge on any atom is -0.465 e. The van der Waals surface area contributed by atoms with Gasteiger partial charge in [-0.3, -0.25) is 0 Å². The third-order valence-corrected chi connectivity index (χ3v) is 3.99. The van der Waals surface area contributed by atoms with Crippen LogP contribution >= 0.6 is 11.3 Å². The van der Waals surface area contributed by atoms with Crippen molar-refractivity contribution in [2.24, 2.45) is 0 Å². The largest absolute Gasteiger partial charge is 0.465 e. The molecule has 1 heterocycles. The van der Waals surface area contributed by atoms with E-state index in [1.807, 2.05) is 0 Å². The molecule has 0 atom stereocenters. The molecule has 0 aliphatic carbocycles. The summed E-state index contributed by atoms with van der Waals surface area (Å²) in [6, 6.07) is 6.19. The number of rotatable bonds is 2. The SMILES string of the molecule is COC(=O)c1sc(-c2cccc(F)c2)c(C)c1N. The lowest BCUT2D eigenvalue weighted by atomic mass is 10.1. The Kier molecular flexibility index (Phi) is 3.34. The van der Waals surface area contributed by atoms with Crippen molar-refractivity contribution < 1.29 is 13.9 Å². The van der Waals surface area contributed by atoms with Gasteiger partial charge in [-0.1, -0.05) is 12.1 Å². The highest BCUT2D eigenvalue weighted by atomic mass is 32.1. The number of hydrogen-bond donors (Lipinski definition) is 1. The highest BCUT2D eigenvalue weighted by Gasteiger charge is 2.19. The maximum atomic E-state index is 13.2. The average Bonchev–Trinajstić information content (AvgIpc) is 2.66. The van der Waals surface area contributed by atoms with Crippen LogP contribution in [0.3, 0.4) is 0 Å². The van der Waals surface area contributed by atoms with Crippen molar-refractivity contribution in [3.8, 4) is 10.4 Å². The molecule has 1 aromatic heterocycles. The Hall–Kier alpha value is -1.88. The van der Waals surface area contributed by atoms with E-state index < -0.39 is 5.97 Å². The summed E-state index contributed by atoms with van der Waals surface area (Å²) in [5.41, 5.74) is 7.74. The van der Waals surface area contributed by atoms with Gasteiger partial charge in [0.15, 0.2) is 0 Å². The molecule has 0 aliphatic heterocycles. The van der Waals surface area contributed by atoms with Crippen molar-refractivity contribution in [2.75, 3.05) is 12.8 Å². The van der Waals surface area contributed by atoms with Gasteiger partial charge in [0.2, 0.25) is 0 Å². The van der Waals surface area contributed by atoms with Crippen LogP contribution in [0.15, 0.2) is 24.3 Å². The number of anilines is 1. The van der Waals surface area contributed by atoms with E-state index in [0.29, 0.717) is 16.1 Å². The predicted octanol–water partition coefficient (Wildman–Crippen LogP) is 3.23. The third kappa shape index (κ3) is 2.09. The molecule has 0 radical (unpaired) electrons. The number of esters is 1. The topological polar surface area (TPSA) is 52.3 Å². The number of carbonyl (C=O) groups excluding carboxylic acids is 1. The standard InChI is InChI=1S/C13H12FNO2S/c1-7-10(15)12(13(16)17-2)18-11(7)8-4-3-5-9(14)6-8/h3-6H,15H2,1-2H3. The Morgan fingerprint density at radius 2 is 2.17 bits per heavy atom. The molecule has 5 heteroatoms. The number of hydrogen-bond acceptors (Lipinski definition) is 4. The van der Waals surface area contributed by atoms with Crippen molar-refractivity contribution in [2.45, 2.75) is 6.92 Å². The highest BCUT2D eigenvalue weighted by Crippen LogP contribution is 2.38. The molecule has 0 bridgehead atoms. The van der Waals surface area contributed by atoms with E-state index in [1.54, 1.807) is 19.1 Å². The number of thiophene rings is 1. The molecular formula is C13H12FNO2S. The molecular weight excluding hydrogens is 253 g/mol. The Bertz CT molecular complexity index is 607.